The van der Waals surface area contributed by atoms with Crippen LogP contribution in [0.1, 0.15) is 31.9 Å². The van der Waals surface area contributed by atoms with Crippen molar-refractivity contribution in [3.63, 3.8) is 0 Å². The van der Waals surface area contributed by atoms with Gasteiger partial charge in [0.1, 0.15) is 0 Å². The van der Waals surface area contributed by atoms with E-state index < -0.39 is 0 Å². The lowest BCUT2D eigenvalue weighted by atomic mass is 9.85. The van der Waals surface area contributed by atoms with E-state index in [-0.39, 0.29) is 5.91 Å². The Kier molecular flexibility index (Phi) is 4.37. The van der Waals surface area contributed by atoms with E-state index in [4.69, 9.17) is 0 Å². The van der Waals surface area contributed by atoms with Crippen molar-refractivity contribution in [2.24, 2.45) is 5.92 Å². The highest BCUT2D eigenvalue weighted by Crippen LogP contribution is 2.37. The van der Waals surface area contributed by atoms with E-state index in [1.54, 1.807) is 0 Å². The second kappa shape index (κ2) is 6.01. The maximum Gasteiger partial charge on any atom is 0.234 e. The molecule has 98 valence electrons. The minimum atomic E-state index is 0.143. The van der Waals surface area contributed by atoms with Crippen LogP contribution in [0.2, 0.25) is 0 Å². The number of nitrogens with zero attached hydrogens (tertiary/aromatic N) is 1. The van der Waals surface area contributed by atoms with Gasteiger partial charge in [-0.25, -0.2) is 0 Å². The molecule has 1 aliphatic heterocycles. The number of benzene rings is 1. The van der Waals surface area contributed by atoms with Crippen LogP contribution in [-0.4, -0.2) is 30.4 Å². The molecule has 1 aliphatic rings. The average molecular weight is 246 g/mol. The highest BCUT2D eigenvalue weighted by molar-refractivity contribution is 5.78. The van der Waals surface area contributed by atoms with Gasteiger partial charge in [-0.1, -0.05) is 44.2 Å². The highest BCUT2D eigenvalue weighted by Gasteiger charge is 2.37. The van der Waals surface area contributed by atoms with Crippen molar-refractivity contribution < 1.29 is 4.79 Å². The lowest BCUT2D eigenvalue weighted by molar-refractivity contribution is -0.125. The first kappa shape index (κ1) is 13.1. The number of carbonyl (C=O) groups excluding carboxylic acids is 1. The van der Waals surface area contributed by atoms with Crippen LogP contribution in [0.4, 0.5) is 0 Å². The maximum atomic E-state index is 11.7. The second-order valence-electron chi connectivity index (χ2n) is 5.11. The molecule has 3 heteroatoms. The molecule has 0 spiro atoms. The monoisotopic (exact) mass is 246 g/mol. The van der Waals surface area contributed by atoms with Gasteiger partial charge in [0.25, 0.3) is 0 Å². The van der Waals surface area contributed by atoms with E-state index in [2.05, 4.69) is 48.3 Å². The number of amides is 1. The normalized spacial score (nSPS) is 23.4. The fourth-order valence-corrected chi connectivity index (χ4v) is 2.66. The number of hydrogen-bond donors (Lipinski definition) is 1. The van der Waals surface area contributed by atoms with E-state index in [0.29, 0.717) is 18.5 Å². The van der Waals surface area contributed by atoms with E-state index in [1.165, 1.54) is 5.56 Å². The lowest BCUT2D eigenvalue weighted by Gasteiger charge is -2.46. The van der Waals surface area contributed by atoms with Crippen LogP contribution < -0.4 is 5.32 Å². The highest BCUT2D eigenvalue weighted by atomic mass is 16.2. The van der Waals surface area contributed by atoms with Gasteiger partial charge in [0.15, 0.2) is 0 Å². The molecule has 0 saturated carbocycles. The first-order valence-electron chi connectivity index (χ1n) is 6.78. The predicted octanol–water partition coefficient (Wildman–Crippen LogP) is 2.21. The first-order chi connectivity index (χ1) is 8.72. The zero-order valence-corrected chi connectivity index (χ0v) is 11.2. The Labute approximate surface area is 109 Å². The van der Waals surface area contributed by atoms with Gasteiger partial charge in [-0.05, 0) is 17.9 Å². The molecule has 2 rings (SSSR count). The number of hydrogen-bond acceptors (Lipinski definition) is 2. The van der Waals surface area contributed by atoms with Gasteiger partial charge >= 0.3 is 0 Å². The van der Waals surface area contributed by atoms with Crippen molar-refractivity contribution in [2.75, 3.05) is 19.6 Å². The molecule has 0 aliphatic carbocycles. The van der Waals surface area contributed by atoms with Gasteiger partial charge in [-0.2, -0.15) is 0 Å². The van der Waals surface area contributed by atoms with E-state index in [0.717, 1.165) is 19.5 Å². The van der Waals surface area contributed by atoms with E-state index in [1.807, 2.05) is 6.07 Å². The topological polar surface area (TPSA) is 32.3 Å². The largest absolute Gasteiger partial charge is 0.355 e. The lowest BCUT2D eigenvalue weighted by Crippen LogP contribution is -2.52. The summed E-state index contributed by atoms with van der Waals surface area (Å²) in [6.07, 6.45) is 0.990. The van der Waals surface area contributed by atoms with Crippen molar-refractivity contribution in [3.8, 4) is 0 Å². The third-order valence-electron chi connectivity index (χ3n) is 3.51. The Morgan fingerprint density at radius 3 is 2.72 bits per heavy atom. The van der Waals surface area contributed by atoms with Crippen molar-refractivity contribution in [1.29, 1.82) is 0 Å². The molecule has 2 atom stereocenters. The molecule has 1 N–H and O–H groups in total. The average Bonchev–Trinajstić information content (AvgIpc) is 2.36. The summed E-state index contributed by atoms with van der Waals surface area (Å²) < 4.78 is 0. The molecule has 18 heavy (non-hydrogen) atoms. The Morgan fingerprint density at radius 2 is 2.11 bits per heavy atom. The van der Waals surface area contributed by atoms with Gasteiger partial charge in [0, 0.05) is 19.1 Å². The summed E-state index contributed by atoms with van der Waals surface area (Å²) in [4.78, 5) is 14.0. The molecule has 0 bridgehead atoms. The van der Waals surface area contributed by atoms with Crippen molar-refractivity contribution in [2.45, 2.75) is 26.3 Å². The summed E-state index contributed by atoms with van der Waals surface area (Å²) in [5, 5.41) is 2.94. The quantitative estimate of drug-likeness (QED) is 0.864. The summed E-state index contributed by atoms with van der Waals surface area (Å²) in [5.74, 6) is 0.774. The molecule has 1 heterocycles. The van der Waals surface area contributed by atoms with E-state index in [9.17, 15) is 4.79 Å². The minimum absolute atomic E-state index is 0.143. The van der Waals surface area contributed by atoms with Crippen LogP contribution in [-0.2, 0) is 4.79 Å². The van der Waals surface area contributed by atoms with Crippen LogP contribution in [0, 0.1) is 5.92 Å². The number of rotatable bonds is 5. The molecule has 1 aromatic rings. The SMILES string of the molecule is CCCNC(=O)CN1C[C@@H](C)[C@@H]1c1ccccc1. The Morgan fingerprint density at radius 1 is 1.39 bits per heavy atom. The Bertz CT molecular complexity index is 391. The van der Waals surface area contributed by atoms with Crippen LogP contribution >= 0.6 is 0 Å². The van der Waals surface area contributed by atoms with Gasteiger partial charge in [-0.15, -0.1) is 0 Å². The van der Waals surface area contributed by atoms with Crippen LogP contribution in [0.5, 0.6) is 0 Å². The molecule has 1 amide bonds. The number of carbonyl (C=O) groups is 1. The summed E-state index contributed by atoms with van der Waals surface area (Å²) in [7, 11) is 0. The smallest absolute Gasteiger partial charge is 0.234 e. The molecule has 3 nitrogen and oxygen atoms in total. The standard InChI is InChI=1S/C15H22N2O/c1-3-9-16-14(18)11-17-10-12(2)15(17)13-7-5-4-6-8-13/h4-8,12,15H,3,9-11H2,1-2H3,(H,16,18)/t12-,15-/m1/s1. The first-order valence-corrected chi connectivity index (χ1v) is 6.78. The molecule has 0 aromatic heterocycles. The zero-order valence-electron chi connectivity index (χ0n) is 11.2. The van der Waals surface area contributed by atoms with E-state index >= 15 is 0 Å². The zero-order chi connectivity index (χ0) is 13.0. The minimum Gasteiger partial charge on any atom is -0.355 e. The Balaban J connectivity index is 1.92. The Hall–Kier alpha value is -1.35. The summed E-state index contributed by atoms with van der Waals surface area (Å²) in [6, 6.07) is 10.9. The van der Waals surface area contributed by atoms with Crippen LogP contribution in [0.25, 0.3) is 0 Å². The number of likely N-dealkylation sites (tertiary alicyclic amines) is 1. The van der Waals surface area contributed by atoms with Crippen molar-refractivity contribution in [1.82, 2.24) is 10.2 Å². The third-order valence-corrected chi connectivity index (χ3v) is 3.51. The molecular weight excluding hydrogens is 224 g/mol. The van der Waals surface area contributed by atoms with Gasteiger partial charge in [0.2, 0.25) is 5.91 Å². The second-order valence-corrected chi connectivity index (χ2v) is 5.11. The third kappa shape index (κ3) is 2.91. The van der Waals surface area contributed by atoms with Gasteiger partial charge in [-0.3, -0.25) is 9.69 Å². The van der Waals surface area contributed by atoms with Gasteiger partial charge < -0.3 is 5.32 Å². The van der Waals surface area contributed by atoms with Crippen molar-refractivity contribution in [3.05, 3.63) is 35.9 Å². The fourth-order valence-electron chi connectivity index (χ4n) is 2.66. The van der Waals surface area contributed by atoms with Crippen LogP contribution in [0.3, 0.4) is 0 Å². The number of nitrogens with one attached hydrogen (secondary N) is 1. The molecule has 1 fully saturated rings. The van der Waals surface area contributed by atoms with Crippen molar-refractivity contribution >= 4 is 5.91 Å². The van der Waals surface area contributed by atoms with Gasteiger partial charge in [0.05, 0.1) is 6.54 Å². The maximum absolute atomic E-state index is 11.7. The molecule has 1 saturated heterocycles. The summed E-state index contributed by atoms with van der Waals surface area (Å²) in [6.45, 7) is 6.62. The molecule has 1 aromatic carbocycles. The predicted molar refractivity (Wildman–Crippen MR) is 73.2 cm³/mol. The molecule has 0 unspecified atom stereocenters. The molecular formula is C15H22N2O. The molecule has 0 radical (unpaired) electrons. The fraction of sp³-hybridized carbons (Fsp3) is 0.533. The summed E-state index contributed by atoms with van der Waals surface area (Å²) >= 11 is 0. The summed E-state index contributed by atoms with van der Waals surface area (Å²) in [5.41, 5.74) is 1.32. The van der Waals surface area contributed by atoms with Crippen LogP contribution in [0.15, 0.2) is 30.3 Å².